The first kappa shape index (κ1) is 20.7. The van der Waals surface area contributed by atoms with E-state index in [2.05, 4.69) is 6.92 Å². The molecule has 0 aromatic rings. The fourth-order valence-electron chi connectivity index (χ4n) is 3.15. The highest BCUT2D eigenvalue weighted by atomic mass is 16.5. The maximum atomic E-state index is 12.2. The highest BCUT2D eigenvalue weighted by Crippen LogP contribution is 2.22. The molecular formula is C20H35NO3. The van der Waals surface area contributed by atoms with Gasteiger partial charge in [0.1, 0.15) is 0 Å². The third-order valence-corrected chi connectivity index (χ3v) is 4.72. The molecule has 1 saturated heterocycles. The number of rotatable bonds is 11. The van der Waals surface area contributed by atoms with Crippen molar-refractivity contribution >= 4 is 11.9 Å². The highest BCUT2D eigenvalue weighted by molar-refractivity contribution is 5.87. The summed E-state index contributed by atoms with van der Waals surface area (Å²) < 4.78 is 4.97. The number of nitrogens with zero attached hydrogens (tertiary/aromatic N) is 1. The minimum absolute atomic E-state index is 0.0992. The summed E-state index contributed by atoms with van der Waals surface area (Å²) in [5.74, 6) is 0.589. The van der Waals surface area contributed by atoms with Gasteiger partial charge in [-0.05, 0) is 51.0 Å². The number of esters is 1. The van der Waals surface area contributed by atoms with Gasteiger partial charge in [-0.2, -0.15) is 0 Å². The van der Waals surface area contributed by atoms with Crippen molar-refractivity contribution in [2.75, 3.05) is 19.7 Å². The van der Waals surface area contributed by atoms with Crippen LogP contribution in [0.25, 0.3) is 0 Å². The molecule has 1 heterocycles. The Kier molecular flexibility index (Phi) is 11.2. The van der Waals surface area contributed by atoms with Crippen LogP contribution >= 0.6 is 0 Å². The Bertz CT molecular complexity index is 384. The summed E-state index contributed by atoms with van der Waals surface area (Å²) in [6, 6.07) is 0. The fourth-order valence-corrected chi connectivity index (χ4v) is 3.15. The number of carbonyl (C=O) groups is 2. The summed E-state index contributed by atoms with van der Waals surface area (Å²) in [5.41, 5.74) is 0. The number of carbonyl (C=O) groups excluding carboxylic acids is 2. The van der Waals surface area contributed by atoms with E-state index in [1.807, 2.05) is 17.9 Å². The molecule has 1 amide bonds. The van der Waals surface area contributed by atoms with Crippen molar-refractivity contribution in [3.05, 3.63) is 12.2 Å². The van der Waals surface area contributed by atoms with Gasteiger partial charge in [0.2, 0.25) is 5.91 Å². The smallest absolute Gasteiger partial charge is 0.305 e. The summed E-state index contributed by atoms with van der Waals surface area (Å²) in [6.07, 6.45) is 14.5. The van der Waals surface area contributed by atoms with E-state index >= 15 is 0 Å². The molecule has 1 rings (SSSR count). The van der Waals surface area contributed by atoms with Crippen molar-refractivity contribution in [2.45, 2.75) is 78.1 Å². The minimum Gasteiger partial charge on any atom is -0.466 e. The predicted octanol–water partition coefficient (Wildman–Crippen LogP) is 4.49. The number of hydrogen-bond donors (Lipinski definition) is 0. The van der Waals surface area contributed by atoms with E-state index in [-0.39, 0.29) is 11.9 Å². The van der Waals surface area contributed by atoms with E-state index in [0.717, 1.165) is 38.8 Å². The number of hydrogen-bond acceptors (Lipinski definition) is 3. The summed E-state index contributed by atoms with van der Waals surface area (Å²) in [7, 11) is 0. The van der Waals surface area contributed by atoms with Gasteiger partial charge in [-0.25, -0.2) is 0 Å². The van der Waals surface area contributed by atoms with E-state index in [9.17, 15) is 9.59 Å². The normalized spacial score (nSPS) is 15.8. The van der Waals surface area contributed by atoms with Gasteiger partial charge >= 0.3 is 5.97 Å². The lowest BCUT2D eigenvalue weighted by Crippen LogP contribution is -2.37. The first-order valence-corrected chi connectivity index (χ1v) is 9.78. The van der Waals surface area contributed by atoms with Gasteiger partial charge in [-0.1, -0.05) is 38.7 Å². The van der Waals surface area contributed by atoms with Gasteiger partial charge in [-0.15, -0.1) is 0 Å². The van der Waals surface area contributed by atoms with Crippen molar-refractivity contribution in [3.63, 3.8) is 0 Å². The number of likely N-dealkylation sites (tertiary alicyclic amines) is 1. The maximum Gasteiger partial charge on any atom is 0.305 e. The van der Waals surface area contributed by atoms with Crippen molar-refractivity contribution < 1.29 is 14.3 Å². The monoisotopic (exact) mass is 337 g/mol. The Morgan fingerprint density at radius 3 is 2.46 bits per heavy atom. The molecule has 0 radical (unpaired) electrons. The lowest BCUT2D eigenvalue weighted by molar-refractivity contribution is -0.143. The van der Waals surface area contributed by atoms with Crippen molar-refractivity contribution in [3.8, 4) is 0 Å². The second-order valence-corrected chi connectivity index (χ2v) is 6.72. The second-order valence-electron chi connectivity index (χ2n) is 6.72. The van der Waals surface area contributed by atoms with Crippen molar-refractivity contribution in [1.29, 1.82) is 0 Å². The van der Waals surface area contributed by atoms with Crippen LogP contribution in [0.4, 0.5) is 0 Å². The predicted molar refractivity (Wildman–Crippen MR) is 97.7 cm³/mol. The Hall–Kier alpha value is -1.32. The van der Waals surface area contributed by atoms with Gasteiger partial charge in [0.05, 0.1) is 6.61 Å². The van der Waals surface area contributed by atoms with E-state index in [0.29, 0.717) is 18.9 Å². The zero-order chi connectivity index (χ0) is 17.6. The number of ether oxygens (including phenoxy) is 1. The van der Waals surface area contributed by atoms with E-state index in [1.54, 1.807) is 6.08 Å². The molecule has 4 nitrogen and oxygen atoms in total. The molecule has 1 aliphatic heterocycles. The van der Waals surface area contributed by atoms with E-state index in [4.69, 9.17) is 4.74 Å². The zero-order valence-electron chi connectivity index (χ0n) is 15.6. The van der Waals surface area contributed by atoms with Gasteiger partial charge in [0.15, 0.2) is 0 Å². The SMILES string of the molecule is CCCCCCC/C=C/C(=O)N1CCC(CCC(=O)OCC)CC1. The topological polar surface area (TPSA) is 46.6 Å². The molecule has 0 N–H and O–H groups in total. The molecule has 0 unspecified atom stereocenters. The van der Waals surface area contributed by atoms with Gasteiger partial charge in [0.25, 0.3) is 0 Å². The number of amides is 1. The number of allylic oxidation sites excluding steroid dienone is 1. The fraction of sp³-hybridized carbons (Fsp3) is 0.800. The summed E-state index contributed by atoms with van der Waals surface area (Å²) in [5, 5.41) is 0. The standard InChI is InChI=1S/C20H35NO3/c1-3-5-6-7-8-9-10-11-19(22)21-16-14-18(15-17-21)12-13-20(23)24-4-2/h10-11,18H,3-9,12-17H2,1-2H3/b11-10+. The molecule has 138 valence electrons. The van der Waals surface area contributed by atoms with Gasteiger partial charge < -0.3 is 9.64 Å². The van der Waals surface area contributed by atoms with Crippen LogP contribution in [-0.2, 0) is 14.3 Å². The Morgan fingerprint density at radius 1 is 1.08 bits per heavy atom. The molecule has 1 aliphatic rings. The van der Waals surface area contributed by atoms with Crippen LogP contribution < -0.4 is 0 Å². The molecule has 0 bridgehead atoms. The van der Waals surface area contributed by atoms with Crippen molar-refractivity contribution in [1.82, 2.24) is 4.90 Å². The van der Waals surface area contributed by atoms with Crippen LogP contribution in [0.1, 0.15) is 78.1 Å². The average Bonchev–Trinajstić information content (AvgIpc) is 2.59. The van der Waals surface area contributed by atoms with Gasteiger partial charge in [-0.3, -0.25) is 9.59 Å². The Labute approximate surface area is 147 Å². The van der Waals surface area contributed by atoms with Crippen LogP contribution in [0.5, 0.6) is 0 Å². The quantitative estimate of drug-likeness (QED) is 0.317. The molecule has 0 aliphatic carbocycles. The molecule has 0 aromatic heterocycles. The first-order chi connectivity index (χ1) is 11.7. The second kappa shape index (κ2) is 13.0. The van der Waals surface area contributed by atoms with E-state index < -0.39 is 0 Å². The van der Waals surface area contributed by atoms with Crippen molar-refractivity contribution in [2.24, 2.45) is 5.92 Å². The third kappa shape index (κ3) is 9.09. The molecule has 0 atom stereocenters. The summed E-state index contributed by atoms with van der Waals surface area (Å²) in [6.45, 7) is 6.14. The van der Waals surface area contributed by atoms with E-state index in [1.165, 1.54) is 32.1 Å². The molecule has 4 heteroatoms. The molecule has 0 saturated carbocycles. The lowest BCUT2D eigenvalue weighted by Gasteiger charge is -2.31. The van der Waals surface area contributed by atoms with Crippen LogP contribution in [0.2, 0.25) is 0 Å². The maximum absolute atomic E-state index is 12.2. The Morgan fingerprint density at radius 2 is 1.79 bits per heavy atom. The largest absolute Gasteiger partial charge is 0.466 e. The number of unbranched alkanes of at least 4 members (excludes halogenated alkanes) is 5. The highest BCUT2D eigenvalue weighted by Gasteiger charge is 2.22. The Balaban J connectivity index is 2.13. The zero-order valence-corrected chi connectivity index (χ0v) is 15.6. The van der Waals surface area contributed by atoms with Crippen LogP contribution in [0.3, 0.4) is 0 Å². The summed E-state index contributed by atoms with van der Waals surface area (Å²) >= 11 is 0. The van der Waals surface area contributed by atoms with Crippen LogP contribution in [-0.4, -0.2) is 36.5 Å². The molecular weight excluding hydrogens is 302 g/mol. The summed E-state index contributed by atoms with van der Waals surface area (Å²) in [4.78, 5) is 25.5. The molecule has 24 heavy (non-hydrogen) atoms. The third-order valence-electron chi connectivity index (χ3n) is 4.72. The van der Waals surface area contributed by atoms with Crippen LogP contribution in [0.15, 0.2) is 12.2 Å². The van der Waals surface area contributed by atoms with Gasteiger partial charge in [0, 0.05) is 19.5 Å². The molecule has 0 aromatic carbocycles. The first-order valence-electron chi connectivity index (χ1n) is 9.78. The lowest BCUT2D eigenvalue weighted by atomic mass is 9.92. The minimum atomic E-state index is -0.0992. The molecule has 1 fully saturated rings. The molecule has 0 spiro atoms. The average molecular weight is 338 g/mol. The number of piperidine rings is 1. The van der Waals surface area contributed by atoms with Crippen LogP contribution in [0, 0.1) is 5.92 Å².